The van der Waals surface area contributed by atoms with Gasteiger partial charge in [0.15, 0.2) is 11.5 Å². The second-order valence-electron chi connectivity index (χ2n) is 7.20. The van der Waals surface area contributed by atoms with Gasteiger partial charge >= 0.3 is 6.18 Å². The molecule has 162 valence electrons. The third kappa shape index (κ3) is 3.84. The van der Waals surface area contributed by atoms with E-state index in [2.05, 4.69) is 10.3 Å². The first-order valence-corrected chi connectivity index (χ1v) is 9.74. The van der Waals surface area contributed by atoms with Crippen LogP contribution in [0.3, 0.4) is 0 Å². The molecular formula is C23H16F3N3O3. The number of hydrogen-bond donors (Lipinski definition) is 1. The number of pyridine rings is 1. The van der Waals surface area contributed by atoms with Gasteiger partial charge in [-0.15, -0.1) is 0 Å². The number of imidazole rings is 1. The number of nitrogens with one attached hydrogen (secondary N) is 1. The number of hydrogen-bond acceptors (Lipinski definition) is 4. The molecule has 4 aromatic rings. The van der Waals surface area contributed by atoms with Gasteiger partial charge in [0.25, 0.3) is 5.91 Å². The average molecular weight is 439 g/mol. The number of nitrogens with zero attached hydrogens (tertiary/aromatic N) is 2. The predicted molar refractivity (Wildman–Crippen MR) is 111 cm³/mol. The van der Waals surface area contributed by atoms with Crippen LogP contribution < -0.4 is 14.8 Å². The summed E-state index contributed by atoms with van der Waals surface area (Å²) < 4.78 is 51.0. The first kappa shape index (κ1) is 19.9. The van der Waals surface area contributed by atoms with Crippen LogP contribution >= 0.6 is 0 Å². The number of benzene rings is 2. The zero-order valence-electron chi connectivity index (χ0n) is 16.5. The molecule has 0 radical (unpaired) electrons. The molecule has 32 heavy (non-hydrogen) atoms. The smallest absolute Gasteiger partial charge is 0.416 e. The highest BCUT2D eigenvalue weighted by molar-refractivity contribution is 6.04. The monoisotopic (exact) mass is 439 g/mol. The zero-order valence-corrected chi connectivity index (χ0v) is 16.5. The van der Waals surface area contributed by atoms with Gasteiger partial charge in [0.05, 0.1) is 16.9 Å². The topological polar surface area (TPSA) is 64.9 Å². The summed E-state index contributed by atoms with van der Waals surface area (Å²) in [5, 5.41) is 2.69. The molecule has 1 amide bonds. The molecule has 2 aromatic heterocycles. The lowest BCUT2D eigenvalue weighted by atomic mass is 10.1. The summed E-state index contributed by atoms with van der Waals surface area (Å²) in [4.78, 5) is 17.0. The molecule has 1 aliphatic heterocycles. The summed E-state index contributed by atoms with van der Waals surface area (Å²) in [6.07, 6.45) is -0.948. The first-order chi connectivity index (χ1) is 15.4. The SMILES string of the molecule is O=C(Nc1ccc2nc(-c3ccc4c(c3)OCCO4)cn2c1)c1ccc(C(F)(F)F)cc1. The van der Waals surface area contributed by atoms with Crippen LogP contribution in [0.4, 0.5) is 18.9 Å². The minimum Gasteiger partial charge on any atom is -0.486 e. The number of alkyl halides is 3. The highest BCUT2D eigenvalue weighted by atomic mass is 19.4. The second-order valence-corrected chi connectivity index (χ2v) is 7.20. The van der Waals surface area contributed by atoms with Gasteiger partial charge in [-0.3, -0.25) is 4.79 Å². The van der Waals surface area contributed by atoms with Crippen molar-refractivity contribution in [1.29, 1.82) is 0 Å². The molecule has 0 saturated carbocycles. The number of ether oxygens (including phenoxy) is 2. The molecule has 9 heteroatoms. The van der Waals surface area contributed by atoms with E-state index in [9.17, 15) is 18.0 Å². The third-order valence-electron chi connectivity index (χ3n) is 5.02. The summed E-state index contributed by atoms with van der Waals surface area (Å²) in [6, 6.07) is 13.1. The Bertz CT molecular complexity index is 1310. The molecule has 0 atom stereocenters. The van der Waals surface area contributed by atoms with Crippen molar-refractivity contribution in [1.82, 2.24) is 9.38 Å². The summed E-state index contributed by atoms with van der Waals surface area (Å²) in [5.74, 6) is 0.845. The van der Waals surface area contributed by atoms with Gasteiger partial charge < -0.3 is 19.2 Å². The quantitative estimate of drug-likeness (QED) is 0.486. The van der Waals surface area contributed by atoms with Gasteiger partial charge in [-0.2, -0.15) is 13.2 Å². The van der Waals surface area contributed by atoms with Crippen molar-refractivity contribution in [3.63, 3.8) is 0 Å². The van der Waals surface area contributed by atoms with E-state index < -0.39 is 17.6 Å². The summed E-state index contributed by atoms with van der Waals surface area (Å²) in [5.41, 5.74) is 2.04. The summed E-state index contributed by atoms with van der Waals surface area (Å²) >= 11 is 0. The summed E-state index contributed by atoms with van der Waals surface area (Å²) in [7, 11) is 0. The third-order valence-corrected chi connectivity index (χ3v) is 5.02. The summed E-state index contributed by atoms with van der Waals surface area (Å²) in [6.45, 7) is 1.01. The number of halogens is 3. The number of fused-ring (bicyclic) bond motifs is 2. The van der Waals surface area contributed by atoms with Crippen molar-refractivity contribution in [2.45, 2.75) is 6.18 Å². The van der Waals surface area contributed by atoms with Gasteiger partial charge in [0.1, 0.15) is 18.9 Å². The molecule has 1 aliphatic rings. The van der Waals surface area contributed by atoms with E-state index in [1.165, 1.54) is 0 Å². The molecule has 3 heterocycles. The van der Waals surface area contributed by atoms with Crippen molar-refractivity contribution < 1.29 is 27.4 Å². The fourth-order valence-electron chi connectivity index (χ4n) is 3.42. The second kappa shape index (κ2) is 7.60. The van der Waals surface area contributed by atoms with E-state index in [4.69, 9.17) is 9.47 Å². The Hall–Kier alpha value is -4.01. The number of anilines is 1. The molecular weight excluding hydrogens is 423 g/mol. The van der Waals surface area contributed by atoms with Gasteiger partial charge in [-0.05, 0) is 54.6 Å². The molecule has 0 fully saturated rings. The maximum Gasteiger partial charge on any atom is 0.416 e. The van der Waals surface area contributed by atoms with Crippen molar-refractivity contribution in [3.05, 3.63) is 78.1 Å². The maximum absolute atomic E-state index is 12.7. The van der Waals surface area contributed by atoms with Gasteiger partial charge in [0.2, 0.25) is 0 Å². The van der Waals surface area contributed by atoms with E-state index in [0.717, 1.165) is 29.8 Å². The molecule has 0 aliphatic carbocycles. The Morgan fingerprint density at radius 2 is 1.69 bits per heavy atom. The predicted octanol–water partition coefficient (Wildman–Crippen LogP) is 5.04. The number of aromatic nitrogens is 2. The van der Waals surface area contributed by atoms with Crippen LogP contribution in [-0.4, -0.2) is 28.5 Å². The van der Waals surface area contributed by atoms with E-state index in [1.54, 1.807) is 22.7 Å². The lowest BCUT2D eigenvalue weighted by molar-refractivity contribution is -0.137. The lowest BCUT2D eigenvalue weighted by Crippen LogP contribution is -2.15. The molecule has 2 aromatic carbocycles. The molecule has 0 spiro atoms. The van der Waals surface area contributed by atoms with Crippen molar-refractivity contribution in [2.24, 2.45) is 0 Å². The molecule has 1 N–H and O–H groups in total. The normalized spacial score (nSPS) is 13.2. The Morgan fingerprint density at radius 3 is 2.44 bits per heavy atom. The van der Waals surface area contributed by atoms with Crippen molar-refractivity contribution in [2.75, 3.05) is 18.5 Å². The Labute approximate surface area is 180 Å². The number of carbonyl (C=O) groups excluding carboxylic acids is 1. The van der Waals surface area contributed by atoms with Gasteiger partial charge in [-0.1, -0.05) is 0 Å². The number of carbonyl (C=O) groups is 1. The van der Waals surface area contributed by atoms with E-state index >= 15 is 0 Å². The first-order valence-electron chi connectivity index (χ1n) is 9.74. The van der Waals surface area contributed by atoms with E-state index in [1.807, 2.05) is 24.4 Å². The lowest BCUT2D eigenvalue weighted by Gasteiger charge is -2.18. The van der Waals surface area contributed by atoms with Crippen molar-refractivity contribution >= 4 is 17.2 Å². The van der Waals surface area contributed by atoms with E-state index in [-0.39, 0.29) is 5.56 Å². The number of rotatable bonds is 3. The van der Waals surface area contributed by atoms with Crippen LogP contribution in [0.2, 0.25) is 0 Å². The molecule has 0 bridgehead atoms. The Morgan fingerprint density at radius 1 is 0.938 bits per heavy atom. The maximum atomic E-state index is 12.7. The fourth-order valence-corrected chi connectivity index (χ4v) is 3.42. The van der Waals surface area contributed by atoms with Crippen LogP contribution in [0, 0.1) is 0 Å². The fraction of sp³-hybridized carbons (Fsp3) is 0.130. The highest BCUT2D eigenvalue weighted by Gasteiger charge is 2.30. The largest absolute Gasteiger partial charge is 0.486 e. The molecule has 5 rings (SSSR count). The average Bonchev–Trinajstić information content (AvgIpc) is 3.22. The molecule has 0 unspecified atom stereocenters. The Balaban J connectivity index is 1.36. The number of amides is 1. The minimum absolute atomic E-state index is 0.126. The highest BCUT2D eigenvalue weighted by Crippen LogP contribution is 2.34. The molecule has 6 nitrogen and oxygen atoms in total. The van der Waals surface area contributed by atoms with Crippen LogP contribution in [0.1, 0.15) is 15.9 Å². The van der Waals surface area contributed by atoms with Crippen LogP contribution in [0.25, 0.3) is 16.9 Å². The standard InChI is InChI=1S/C23H16F3N3O3/c24-23(25,26)16-4-1-14(2-5-16)22(30)27-17-6-8-21-28-18(13-29(21)12-17)15-3-7-19-20(11-15)32-10-9-31-19/h1-8,11-13H,9-10H2,(H,27,30). The zero-order chi connectivity index (χ0) is 22.3. The Kier molecular flexibility index (Phi) is 4.73. The van der Waals surface area contributed by atoms with Gasteiger partial charge in [-0.25, -0.2) is 4.98 Å². The minimum atomic E-state index is -4.45. The molecule has 0 saturated heterocycles. The van der Waals surface area contributed by atoms with Crippen LogP contribution in [-0.2, 0) is 6.18 Å². The van der Waals surface area contributed by atoms with Crippen LogP contribution in [0.5, 0.6) is 11.5 Å². The van der Waals surface area contributed by atoms with Crippen molar-refractivity contribution in [3.8, 4) is 22.8 Å². The van der Waals surface area contributed by atoms with E-state index in [0.29, 0.717) is 41.7 Å². The van der Waals surface area contributed by atoms with Gasteiger partial charge in [0, 0.05) is 23.5 Å². The van der Waals surface area contributed by atoms with Crippen LogP contribution in [0.15, 0.2) is 67.0 Å².